The molecule has 0 radical (unpaired) electrons. The predicted octanol–water partition coefficient (Wildman–Crippen LogP) is 2.93. The van der Waals surface area contributed by atoms with Crippen molar-refractivity contribution in [1.82, 2.24) is 14.8 Å². The molecule has 0 saturated heterocycles. The van der Waals surface area contributed by atoms with Crippen molar-refractivity contribution in [2.45, 2.75) is 5.16 Å². The summed E-state index contributed by atoms with van der Waals surface area (Å²) in [6.45, 7) is 0. The number of amides is 1. The summed E-state index contributed by atoms with van der Waals surface area (Å²) >= 11 is 2.62. The van der Waals surface area contributed by atoms with Gasteiger partial charge < -0.3 is 5.32 Å². The van der Waals surface area contributed by atoms with E-state index >= 15 is 0 Å². The van der Waals surface area contributed by atoms with Gasteiger partial charge in [0.25, 0.3) is 0 Å². The molecular weight excluding hydrogens is 330 g/mol. The Hall–Kier alpha value is -2.63. The Bertz CT molecular complexity index is 850. The van der Waals surface area contributed by atoms with E-state index in [0.717, 1.165) is 5.69 Å². The first-order valence-corrected chi connectivity index (χ1v) is 8.50. The average Bonchev–Trinajstić information content (AvgIpc) is 3.22. The summed E-state index contributed by atoms with van der Waals surface area (Å²) in [7, 11) is 0. The lowest BCUT2D eigenvalue weighted by Gasteiger charge is -2.06. The topological polar surface area (TPSA) is 83.6 Å². The summed E-state index contributed by atoms with van der Waals surface area (Å²) in [5, 5.41) is 22.6. The minimum absolute atomic E-state index is 0.184. The molecule has 0 atom stereocenters. The molecule has 0 saturated carbocycles. The largest absolute Gasteiger partial charge is 0.316 e. The molecule has 1 N–H and O–H groups in total. The maximum atomic E-state index is 12.0. The van der Waals surface area contributed by atoms with Gasteiger partial charge in [-0.05, 0) is 23.6 Å². The van der Waals surface area contributed by atoms with Gasteiger partial charge >= 0.3 is 0 Å². The smallest absolute Gasteiger partial charge is 0.235 e. The fourth-order valence-electron chi connectivity index (χ4n) is 1.88. The Morgan fingerprint density at radius 1 is 1.35 bits per heavy atom. The van der Waals surface area contributed by atoms with Crippen molar-refractivity contribution in [3.05, 3.63) is 53.7 Å². The number of nitrogens with one attached hydrogen (secondary N) is 1. The molecule has 8 heteroatoms. The third kappa shape index (κ3) is 3.59. The van der Waals surface area contributed by atoms with Crippen LogP contribution in [0.5, 0.6) is 0 Å². The molecule has 1 amide bonds. The van der Waals surface area contributed by atoms with Gasteiger partial charge in [0.2, 0.25) is 5.91 Å². The molecule has 1 aromatic carbocycles. The molecule has 0 unspecified atom stereocenters. The number of carbonyl (C=O) groups excluding carboxylic acids is 1. The van der Waals surface area contributed by atoms with Crippen LogP contribution in [0.25, 0.3) is 5.69 Å². The minimum Gasteiger partial charge on any atom is -0.316 e. The lowest BCUT2D eigenvalue weighted by atomic mass is 10.3. The van der Waals surface area contributed by atoms with Crippen molar-refractivity contribution < 1.29 is 4.79 Å². The molecule has 0 aliphatic rings. The number of anilines is 1. The fraction of sp³-hybridized carbons (Fsp3) is 0.0667. The Labute approximate surface area is 140 Å². The predicted molar refractivity (Wildman–Crippen MR) is 89.7 cm³/mol. The number of nitriles is 1. The van der Waals surface area contributed by atoms with Gasteiger partial charge in [0, 0.05) is 5.69 Å². The van der Waals surface area contributed by atoms with Crippen LogP contribution in [-0.4, -0.2) is 26.4 Å². The van der Waals surface area contributed by atoms with Crippen LogP contribution in [0.3, 0.4) is 0 Å². The highest BCUT2D eigenvalue weighted by molar-refractivity contribution is 7.99. The second-order valence-corrected chi connectivity index (χ2v) is 6.29. The van der Waals surface area contributed by atoms with Crippen LogP contribution in [0.1, 0.15) is 5.56 Å². The molecule has 0 aliphatic carbocycles. The van der Waals surface area contributed by atoms with Crippen LogP contribution < -0.4 is 5.32 Å². The Morgan fingerprint density at radius 2 is 2.17 bits per heavy atom. The number of thioether (sulfide) groups is 1. The minimum atomic E-state index is -0.184. The highest BCUT2D eigenvalue weighted by Gasteiger charge is 2.12. The van der Waals surface area contributed by atoms with Gasteiger partial charge in [-0.2, -0.15) is 5.26 Å². The van der Waals surface area contributed by atoms with Crippen molar-refractivity contribution in [3.8, 4) is 11.8 Å². The second-order valence-electron chi connectivity index (χ2n) is 4.43. The van der Waals surface area contributed by atoms with Gasteiger partial charge in [-0.3, -0.25) is 9.36 Å². The zero-order chi connectivity index (χ0) is 16.1. The van der Waals surface area contributed by atoms with Crippen molar-refractivity contribution in [2.75, 3.05) is 11.1 Å². The molecule has 0 bridgehead atoms. The zero-order valence-corrected chi connectivity index (χ0v) is 13.5. The molecular formula is C15H11N5OS2. The maximum Gasteiger partial charge on any atom is 0.235 e. The summed E-state index contributed by atoms with van der Waals surface area (Å²) in [5.41, 5.74) is 1.41. The number of nitrogens with zero attached hydrogens (tertiary/aromatic N) is 4. The van der Waals surface area contributed by atoms with Crippen LogP contribution in [0.2, 0.25) is 0 Å². The summed E-state index contributed by atoms with van der Waals surface area (Å²) < 4.78 is 1.82. The van der Waals surface area contributed by atoms with E-state index in [0.29, 0.717) is 15.7 Å². The normalized spacial score (nSPS) is 10.2. The summed E-state index contributed by atoms with van der Waals surface area (Å²) in [5.74, 6) is 0.00505. The third-order valence-electron chi connectivity index (χ3n) is 2.92. The van der Waals surface area contributed by atoms with Gasteiger partial charge in [0.1, 0.15) is 17.4 Å². The molecule has 23 heavy (non-hydrogen) atoms. The number of para-hydroxylation sites is 1. The SMILES string of the molecule is N#Cc1ccsc1NC(=O)CSc1nncn1-c1ccccc1. The van der Waals surface area contributed by atoms with Crippen molar-refractivity contribution >= 4 is 34.0 Å². The second kappa shape index (κ2) is 7.09. The van der Waals surface area contributed by atoms with Gasteiger partial charge in [-0.1, -0.05) is 30.0 Å². The summed E-state index contributed by atoms with van der Waals surface area (Å²) in [4.78, 5) is 12.0. The molecule has 114 valence electrons. The zero-order valence-electron chi connectivity index (χ0n) is 11.8. The van der Waals surface area contributed by atoms with Crippen molar-refractivity contribution in [1.29, 1.82) is 5.26 Å². The number of hydrogen-bond donors (Lipinski definition) is 1. The maximum absolute atomic E-state index is 12.0. The van der Waals surface area contributed by atoms with E-state index in [1.807, 2.05) is 41.0 Å². The van der Waals surface area contributed by atoms with E-state index in [2.05, 4.69) is 15.5 Å². The quantitative estimate of drug-likeness (QED) is 0.721. The van der Waals surface area contributed by atoms with E-state index in [9.17, 15) is 4.79 Å². The lowest BCUT2D eigenvalue weighted by Crippen LogP contribution is -2.14. The van der Waals surface area contributed by atoms with Gasteiger partial charge in [0.05, 0.1) is 11.3 Å². The molecule has 2 heterocycles. The number of hydrogen-bond acceptors (Lipinski definition) is 6. The Kier molecular flexibility index (Phi) is 4.71. The molecule has 2 aromatic heterocycles. The first-order chi connectivity index (χ1) is 11.3. The first-order valence-electron chi connectivity index (χ1n) is 6.63. The Morgan fingerprint density at radius 3 is 2.96 bits per heavy atom. The average molecular weight is 341 g/mol. The van der Waals surface area contributed by atoms with Crippen LogP contribution in [-0.2, 0) is 4.79 Å². The Balaban J connectivity index is 1.65. The number of rotatable bonds is 5. The van der Waals surface area contributed by atoms with Crippen LogP contribution in [0.15, 0.2) is 53.3 Å². The van der Waals surface area contributed by atoms with E-state index in [-0.39, 0.29) is 11.7 Å². The van der Waals surface area contributed by atoms with Gasteiger partial charge in [-0.25, -0.2) is 0 Å². The van der Waals surface area contributed by atoms with Gasteiger partial charge in [0.15, 0.2) is 5.16 Å². The molecule has 0 aliphatic heterocycles. The van der Waals surface area contributed by atoms with Crippen molar-refractivity contribution in [3.63, 3.8) is 0 Å². The fourth-order valence-corrected chi connectivity index (χ4v) is 3.36. The number of thiophene rings is 1. The third-order valence-corrected chi connectivity index (χ3v) is 4.69. The van der Waals surface area contributed by atoms with Crippen LogP contribution >= 0.6 is 23.1 Å². The van der Waals surface area contributed by atoms with E-state index in [1.54, 1.807) is 17.8 Å². The van der Waals surface area contributed by atoms with Crippen LogP contribution in [0.4, 0.5) is 5.00 Å². The highest BCUT2D eigenvalue weighted by atomic mass is 32.2. The highest BCUT2D eigenvalue weighted by Crippen LogP contribution is 2.23. The molecule has 3 rings (SSSR count). The lowest BCUT2D eigenvalue weighted by molar-refractivity contribution is -0.113. The summed E-state index contributed by atoms with van der Waals surface area (Å²) in [6.07, 6.45) is 1.61. The summed E-state index contributed by atoms with van der Waals surface area (Å²) in [6, 6.07) is 13.4. The monoisotopic (exact) mass is 341 g/mol. The molecule has 3 aromatic rings. The van der Waals surface area contributed by atoms with E-state index in [4.69, 9.17) is 5.26 Å². The van der Waals surface area contributed by atoms with E-state index in [1.165, 1.54) is 23.1 Å². The standard InChI is InChI=1S/C15H11N5OS2/c16-8-11-6-7-22-14(11)18-13(21)9-23-15-19-17-10-20(15)12-4-2-1-3-5-12/h1-7,10H,9H2,(H,18,21). The van der Waals surface area contributed by atoms with Crippen molar-refractivity contribution in [2.24, 2.45) is 0 Å². The van der Waals surface area contributed by atoms with E-state index < -0.39 is 0 Å². The molecule has 0 fully saturated rings. The number of benzene rings is 1. The number of carbonyl (C=O) groups is 1. The molecule has 0 spiro atoms. The van der Waals surface area contributed by atoms with Gasteiger partial charge in [-0.15, -0.1) is 21.5 Å². The first kappa shape index (κ1) is 15.3. The van der Waals surface area contributed by atoms with Crippen LogP contribution in [0, 0.1) is 11.3 Å². The molecule has 6 nitrogen and oxygen atoms in total. The number of aromatic nitrogens is 3.